The van der Waals surface area contributed by atoms with E-state index in [0.29, 0.717) is 11.1 Å². The Morgan fingerprint density at radius 1 is 1.00 bits per heavy atom. The molecule has 3 rings (SSSR count). The predicted molar refractivity (Wildman–Crippen MR) is 97.7 cm³/mol. The van der Waals surface area contributed by atoms with Crippen molar-refractivity contribution in [2.24, 2.45) is 0 Å². The first-order valence-electron chi connectivity index (χ1n) is 8.33. The number of sulfonamides is 1. The first kappa shape index (κ1) is 20.0. The molecule has 1 heterocycles. The van der Waals surface area contributed by atoms with Gasteiger partial charge in [-0.15, -0.1) is 0 Å². The Morgan fingerprint density at radius 2 is 1.61 bits per heavy atom. The molecule has 0 unspecified atom stereocenters. The zero-order chi connectivity index (χ0) is 20.3. The van der Waals surface area contributed by atoms with E-state index in [2.05, 4.69) is 14.6 Å². The van der Waals surface area contributed by atoms with E-state index >= 15 is 0 Å². The van der Waals surface area contributed by atoms with Gasteiger partial charge in [-0.05, 0) is 37.1 Å². The summed E-state index contributed by atoms with van der Waals surface area (Å²) in [5, 5.41) is 3.69. The predicted octanol–water partition coefficient (Wildman–Crippen LogP) is 3.96. The molecule has 0 saturated carbocycles. The molecule has 3 aromatic rings. The highest BCUT2D eigenvalue weighted by Crippen LogP contribution is 2.28. The van der Waals surface area contributed by atoms with Crippen LogP contribution in [0.4, 0.5) is 8.78 Å². The van der Waals surface area contributed by atoms with Gasteiger partial charge in [-0.25, -0.2) is 8.42 Å². The molecule has 0 amide bonds. The van der Waals surface area contributed by atoms with Crippen molar-refractivity contribution in [3.63, 3.8) is 0 Å². The Bertz CT molecular complexity index is 1020. The average Bonchev–Trinajstić information content (AvgIpc) is 3.00. The summed E-state index contributed by atoms with van der Waals surface area (Å²) in [4.78, 5) is -0.0221. The van der Waals surface area contributed by atoms with E-state index in [0.717, 1.165) is 0 Å². The van der Waals surface area contributed by atoms with E-state index in [1.807, 2.05) is 6.07 Å². The van der Waals surface area contributed by atoms with Crippen molar-refractivity contribution in [3.05, 3.63) is 77.2 Å². The molecule has 0 aliphatic heterocycles. The molecule has 28 heavy (non-hydrogen) atoms. The SMILES string of the molecule is Cc1noc(C)c1S(=O)(=O)N[C@H](c1ccccc1)c1ccc(OC(F)F)cc1. The fourth-order valence-corrected chi connectivity index (χ4v) is 4.43. The number of ether oxygens (including phenoxy) is 1. The minimum Gasteiger partial charge on any atom is -0.435 e. The third-order valence-corrected chi connectivity index (χ3v) is 5.75. The highest BCUT2D eigenvalue weighted by atomic mass is 32.2. The van der Waals surface area contributed by atoms with E-state index in [9.17, 15) is 17.2 Å². The number of benzene rings is 2. The van der Waals surface area contributed by atoms with Crippen molar-refractivity contribution in [1.29, 1.82) is 0 Å². The Kier molecular flexibility index (Phi) is 5.76. The summed E-state index contributed by atoms with van der Waals surface area (Å²) in [6, 6.07) is 13.9. The lowest BCUT2D eigenvalue weighted by molar-refractivity contribution is -0.0498. The quantitative estimate of drug-likeness (QED) is 0.640. The smallest absolute Gasteiger partial charge is 0.387 e. The van der Waals surface area contributed by atoms with Gasteiger partial charge in [0, 0.05) is 0 Å². The first-order chi connectivity index (χ1) is 13.3. The van der Waals surface area contributed by atoms with Gasteiger partial charge < -0.3 is 9.26 Å². The van der Waals surface area contributed by atoms with Crippen molar-refractivity contribution in [2.45, 2.75) is 31.4 Å². The van der Waals surface area contributed by atoms with Gasteiger partial charge in [0.2, 0.25) is 10.0 Å². The van der Waals surface area contributed by atoms with Crippen molar-refractivity contribution >= 4 is 10.0 Å². The third-order valence-electron chi connectivity index (χ3n) is 4.08. The van der Waals surface area contributed by atoms with Gasteiger partial charge in [0.1, 0.15) is 16.3 Å². The van der Waals surface area contributed by atoms with Crippen LogP contribution in [0.2, 0.25) is 0 Å². The Balaban J connectivity index is 1.99. The second-order valence-corrected chi connectivity index (χ2v) is 7.72. The van der Waals surface area contributed by atoms with E-state index in [4.69, 9.17) is 4.52 Å². The van der Waals surface area contributed by atoms with Gasteiger partial charge >= 0.3 is 6.61 Å². The number of alkyl halides is 2. The minimum absolute atomic E-state index is 0.0147. The number of hydrogen-bond donors (Lipinski definition) is 1. The second kappa shape index (κ2) is 8.07. The van der Waals surface area contributed by atoms with E-state index in [1.54, 1.807) is 31.2 Å². The summed E-state index contributed by atoms with van der Waals surface area (Å²) in [6.45, 7) is 0.121. The maximum atomic E-state index is 13.0. The molecule has 148 valence electrons. The standard InChI is InChI=1S/C19H18F2N2O4S/c1-12-18(13(2)27-22-12)28(24,25)23-17(14-6-4-3-5-7-14)15-8-10-16(11-9-15)26-19(20)21/h3-11,17,19,23H,1-2H3/t17-/m1/s1. The first-order valence-corrected chi connectivity index (χ1v) is 9.81. The van der Waals surface area contributed by atoms with Gasteiger partial charge in [-0.3, -0.25) is 0 Å². The molecule has 1 aromatic heterocycles. The van der Waals surface area contributed by atoms with Crippen LogP contribution in [-0.2, 0) is 10.0 Å². The molecule has 1 atom stereocenters. The van der Waals surface area contributed by atoms with Crippen molar-refractivity contribution in [2.75, 3.05) is 0 Å². The summed E-state index contributed by atoms with van der Waals surface area (Å²) in [5.74, 6) is 0.164. The van der Waals surface area contributed by atoms with Crippen molar-refractivity contribution in [3.8, 4) is 5.75 Å². The number of aryl methyl sites for hydroxylation is 2. The average molecular weight is 408 g/mol. The number of aromatic nitrogens is 1. The van der Waals surface area contributed by atoms with E-state index in [1.165, 1.54) is 31.2 Å². The summed E-state index contributed by atoms with van der Waals surface area (Å²) in [6.07, 6.45) is 0. The molecule has 0 saturated heterocycles. The fourth-order valence-electron chi connectivity index (χ4n) is 2.89. The van der Waals surface area contributed by atoms with Gasteiger partial charge in [-0.1, -0.05) is 47.6 Å². The van der Waals surface area contributed by atoms with Crippen molar-refractivity contribution in [1.82, 2.24) is 9.88 Å². The monoisotopic (exact) mass is 408 g/mol. The topological polar surface area (TPSA) is 81.4 Å². The summed E-state index contributed by atoms with van der Waals surface area (Å²) in [7, 11) is -3.96. The maximum absolute atomic E-state index is 13.0. The number of hydrogen-bond acceptors (Lipinski definition) is 5. The Hall–Kier alpha value is -2.78. The van der Waals surface area contributed by atoms with Gasteiger partial charge in [0.05, 0.1) is 6.04 Å². The lowest BCUT2D eigenvalue weighted by Gasteiger charge is -2.20. The molecule has 0 aliphatic carbocycles. The molecular formula is C19H18F2N2O4S. The number of nitrogens with one attached hydrogen (secondary N) is 1. The molecule has 0 aliphatic rings. The zero-order valence-electron chi connectivity index (χ0n) is 15.1. The van der Waals surface area contributed by atoms with Crippen LogP contribution in [0.1, 0.15) is 28.6 Å². The third kappa shape index (κ3) is 4.37. The highest BCUT2D eigenvalue weighted by Gasteiger charge is 2.28. The summed E-state index contributed by atoms with van der Waals surface area (Å²) < 4.78 is 62.7. The summed E-state index contributed by atoms with van der Waals surface area (Å²) in [5.41, 5.74) is 1.49. The lowest BCUT2D eigenvalue weighted by Crippen LogP contribution is -2.30. The summed E-state index contributed by atoms with van der Waals surface area (Å²) >= 11 is 0. The second-order valence-electron chi connectivity index (χ2n) is 6.07. The number of rotatable bonds is 7. The molecule has 6 nitrogen and oxygen atoms in total. The van der Waals surface area contributed by atoms with Crippen LogP contribution in [0.5, 0.6) is 5.75 Å². The lowest BCUT2D eigenvalue weighted by atomic mass is 10.00. The highest BCUT2D eigenvalue weighted by molar-refractivity contribution is 7.89. The minimum atomic E-state index is -3.96. The Morgan fingerprint density at radius 3 is 2.14 bits per heavy atom. The largest absolute Gasteiger partial charge is 0.435 e. The molecule has 2 aromatic carbocycles. The zero-order valence-corrected chi connectivity index (χ0v) is 15.9. The molecule has 0 bridgehead atoms. The van der Waals surface area contributed by atoms with Gasteiger partial charge in [-0.2, -0.15) is 13.5 Å². The van der Waals surface area contributed by atoms with Gasteiger partial charge in [0.25, 0.3) is 0 Å². The van der Waals surface area contributed by atoms with Crippen LogP contribution in [0.25, 0.3) is 0 Å². The van der Waals surface area contributed by atoms with Crippen LogP contribution in [0, 0.1) is 13.8 Å². The van der Waals surface area contributed by atoms with E-state index < -0.39 is 22.7 Å². The van der Waals surface area contributed by atoms with Gasteiger partial charge in [0.15, 0.2) is 5.76 Å². The van der Waals surface area contributed by atoms with Crippen LogP contribution < -0.4 is 9.46 Å². The number of halogens is 2. The maximum Gasteiger partial charge on any atom is 0.387 e. The molecule has 0 fully saturated rings. The fraction of sp³-hybridized carbons (Fsp3) is 0.211. The van der Waals surface area contributed by atoms with Crippen LogP contribution in [0.3, 0.4) is 0 Å². The Labute approximate surface area is 161 Å². The molecule has 0 spiro atoms. The van der Waals surface area contributed by atoms with Crippen molar-refractivity contribution < 1.29 is 26.5 Å². The normalized spacial score (nSPS) is 12.9. The van der Waals surface area contributed by atoms with Crippen LogP contribution in [-0.4, -0.2) is 20.2 Å². The molecular weight excluding hydrogens is 390 g/mol. The van der Waals surface area contributed by atoms with E-state index in [-0.39, 0.29) is 22.1 Å². The van der Waals surface area contributed by atoms with Crippen LogP contribution >= 0.6 is 0 Å². The van der Waals surface area contributed by atoms with Crippen LogP contribution in [0.15, 0.2) is 64.0 Å². The molecule has 1 N–H and O–H groups in total. The molecule has 0 radical (unpaired) electrons. The molecule has 9 heteroatoms. The number of nitrogens with zero attached hydrogens (tertiary/aromatic N) is 1.